The molecule has 2 nitrogen and oxygen atoms in total. The molecule has 0 bridgehead atoms. The van der Waals surface area contributed by atoms with Crippen molar-refractivity contribution in [3.8, 4) is 16.9 Å². The summed E-state index contributed by atoms with van der Waals surface area (Å²) in [5, 5.41) is 10.4. The zero-order valence-electron chi connectivity index (χ0n) is 7.40. The molecule has 0 fully saturated rings. The Bertz CT molecular complexity index is 566. The number of benzene rings is 1. The summed E-state index contributed by atoms with van der Waals surface area (Å²) in [6.07, 6.45) is 1.66. The van der Waals surface area contributed by atoms with Crippen molar-refractivity contribution in [1.29, 1.82) is 0 Å². The molecule has 1 heterocycles. The van der Waals surface area contributed by atoms with Gasteiger partial charge in [-0.15, -0.1) is 0 Å². The van der Waals surface area contributed by atoms with E-state index in [9.17, 15) is 5.11 Å². The largest absolute Gasteiger partial charge is 0.508 e. The van der Waals surface area contributed by atoms with Crippen molar-refractivity contribution in [3.63, 3.8) is 0 Å². The first-order valence-electron chi connectivity index (χ1n) is 4.43. The zero-order chi connectivity index (χ0) is 9.54. The van der Waals surface area contributed by atoms with Crippen molar-refractivity contribution in [3.05, 3.63) is 42.7 Å². The standard InChI is InChI=1S/C12H8O2/c13-9-5-8-7-14-12-4-2-1-3-10(12)11(8)6-9/h1-7,13H. The Morgan fingerprint density at radius 1 is 1.07 bits per heavy atom. The molecule has 0 saturated carbocycles. The Labute approximate surface area is 80.7 Å². The molecule has 14 heavy (non-hydrogen) atoms. The summed E-state index contributed by atoms with van der Waals surface area (Å²) in [6.45, 7) is 0. The topological polar surface area (TPSA) is 33.4 Å². The van der Waals surface area contributed by atoms with Crippen LogP contribution in [0.4, 0.5) is 0 Å². The van der Waals surface area contributed by atoms with Crippen LogP contribution in [0.5, 0.6) is 5.75 Å². The average molecular weight is 184 g/mol. The molecule has 0 saturated heterocycles. The molecule has 1 aromatic carbocycles. The minimum Gasteiger partial charge on any atom is -0.508 e. The van der Waals surface area contributed by atoms with Crippen LogP contribution in [-0.2, 0) is 0 Å². The number of para-hydroxylation sites is 1. The monoisotopic (exact) mass is 184 g/mol. The lowest BCUT2D eigenvalue weighted by atomic mass is 10.1. The molecule has 68 valence electrons. The fourth-order valence-electron chi connectivity index (χ4n) is 1.76. The maximum atomic E-state index is 9.37. The Morgan fingerprint density at radius 2 is 1.93 bits per heavy atom. The van der Waals surface area contributed by atoms with Gasteiger partial charge in [-0.2, -0.15) is 0 Å². The second-order valence-corrected chi connectivity index (χ2v) is 3.31. The average Bonchev–Trinajstić information content (AvgIpc) is 2.59. The lowest BCUT2D eigenvalue weighted by Crippen LogP contribution is -1.77. The lowest BCUT2D eigenvalue weighted by molar-refractivity contribution is 0.477. The third kappa shape index (κ3) is 0.909. The molecule has 2 aliphatic rings. The highest BCUT2D eigenvalue weighted by Gasteiger charge is 2.10. The van der Waals surface area contributed by atoms with Gasteiger partial charge in [-0.05, 0) is 23.8 Å². The Hall–Kier alpha value is -1.96. The number of rotatable bonds is 0. The second-order valence-electron chi connectivity index (χ2n) is 3.31. The van der Waals surface area contributed by atoms with Crippen molar-refractivity contribution >= 4 is 11.0 Å². The van der Waals surface area contributed by atoms with Crippen LogP contribution in [0.3, 0.4) is 0 Å². The van der Waals surface area contributed by atoms with E-state index < -0.39 is 0 Å². The molecule has 0 unspecified atom stereocenters. The molecule has 1 aromatic rings. The van der Waals surface area contributed by atoms with Crippen molar-refractivity contribution < 1.29 is 9.52 Å². The Balaban J connectivity index is 2.53. The highest BCUT2D eigenvalue weighted by Crippen LogP contribution is 2.35. The Morgan fingerprint density at radius 3 is 2.86 bits per heavy atom. The summed E-state index contributed by atoms with van der Waals surface area (Å²) in [6, 6.07) is 11.2. The van der Waals surface area contributed by atoms with Gasteiger partial charge in [-0.1, -0.05) is 18.2 Å². The Kier molecular flexibility index (Phi) is 1.34. The van der Waals surface area contributed by atoms with E-state index in [-0.39, 0.29) is 5.75 Å². The highest BCUT2D eigenvalue weighted by atomic mass is 16.3. The van der Waals surface area contributed by atoms with E-state index in [1.165, 1.54) is 0 Å². The molecule has 0 spiro atoms. The first-order chi connectivity index (χ1) is 6.84. The number of hydrogen-bond acceptors (Lipinski definition) is 2. The van der Waals surface area contributed by atoms with Gasteiger partial charge in [0.1, 0.15) is 11.3 Å². The van der Waals surface area contributed by atoms with Gasteiger partial charge in [0, 0.05) is 10.9 Å². The quantitative estimate of drug-likeness (QED) is 0.581. The number of aromatic hydroxyl groups is 1. The van der Waals surface area contributed by atoms with Crippen molar-refractivity contribution in [2.75, 3.05) is 0 Å². The zero-order valence-corrected chi connectivity index (χ0v) is 7.40. The van der Waals surface area contributed by atoms with Crippen LogP contribution in [0.15, 0.2) is 47.1 Å². The van der Waals surface area contributed by atoms with Crippen LogP contribution >= 0.6 is 0 Å². The van der Waals surface area contributed by atoms with Crippen LogP contribution in [0.2, 0.25) is 0 Å². The van der Waals surface area contributed by atoms with E-state index >= 15 is 0 Å². The molecular formula is C12H8O2. The molecule has 0 amide bonds. The summed E-state index contributed by atoms with van der Waals surface area (Å²) < 4.78 is 5.43. The van der Waals surface area contributed by atoms with Gasteiger partial charge in [-0.25, -0.2) is 0 Å². The van der Waals surface area contributed by atoms with Gasteiger partial charge in [0.25, 0.3) is 0 Å². The van der Waals surface area contributed by atoms with Gasteiger partial charge in [0.05, 0.1) is 6.26 Å². The molecule has 0 aromatic heterocycles. The van der Waals surface area contributed by atoms with E-state index in [4.69, 9.17) is 4.42 Å². The first kappa shape index (κ1) is 7.44. The smallest absolute Gasteiger partial charge is 0.134 e. The fraction of sp³-hybridized carbons (Fsp3) is 0. The van der Waals surface area contributed by atoms with E-state index in [0.29, 0.717) is 0 Å². The summed E-state index contributed by atoms with van der Waals surface area (Å²) in [7, 11) is 0. The summed E-state index contributed by atoms with van der Waals surface area (Å²) >= 11 is 0. The predicted octanol–water partition coefficient (Wildman–Crippen LogP) is 3.24. The summed E-state index contributed by atoms with van der Waals surface area (Å²) in [5.74, 6) is 0.284. The van der Waals surface area contributed by atoms with E-state index in [2.05, 4.69) is 0 Å². The van der Waals surface area contributed by atoms with Crippen LogP contribution in [0, 0.1) is 0 Å². The molecular weight excluding hydrogens is 176 g/mol. The number of hydrogen-bond donors (Lipinski definition) is 1. The van der Waals surface area contributed by atoms with Gasteiger partial charge in [0.15, 0.2) is 0 Å². The van der Waals surface area contributed by atoms with Crippen molar-refractivity contribution in [1.82, 2.24) is 0 Å². The van der Waals surface area contributed by atoms with E-state index in [1.54, 1.807) is 18.4 Å². The maximum absolute atomic E-state index is 9.37. The molecule has 1 aliphatic carbocycles. The van der Waals surface area contributed by atoms with Crippen molar-refractivity contribution in [2.24, 2.45) is 0 Å². The molecule has 3 rings (SSSR count). The van der Waals surface area contributed by atoms with E-state index in [0.717, 1.165) is 22.1 Å². The summed E-state index contributed by atoms with van der Waals surface area (Å²) in [4.78, 5) is 0. The van der Waals surface area contributed by atoms with Gasteiger partial charge < -0.3 is 9.52 Å². The molecule has 1 N–H and O–H groups in total. The van der Waals surface area contributed by atoms with Crippen LogP contribution in [-0.4, -0.2) is 5.11 Å². The maximum Gasteiger partial charge on any atom is 0.134 e. The van der Waals surface area contributed by atoms with E-state index in [1.807, 2.05) is 24.3 Å². The molecule has 0 atom stereocenters. The minimum absolute atomic E-state index is 0.284. The van der Waals surface area contributed by atoms with Crippen molar-refractivity contribution in [2.45, 2.75) is 0 Å². The molecule has 1 aliphatic heterocycles. The highest BCUT2D eigenvalue weighted by molar-refractivity contribution is 5.95. The van der Waals surface area contributed by atoms with Gasteiger partial charge in [-0.3, -0.25) is 0 Å². The lowest BCUT2D eigenvalue weighted by Gasteiger charge is -2.02. The predicted molar refractivity (Wildman–Crippen MR) is 54.5 cm³/mol. The third-order valence-corrected chi connectivity index (χ3v) is 2.40. The SMILES string of the molecule is Oc1cc2coc3ccccc3c-2c1. The molecule has 2 heteroatoms. The second kappa shape index (κ2) is 2.51. The molecule has 0 radical (unpaired) electrons. The summed E-state index contributed by atoms with van der Waals surface area (Å²) in [5.41, 5.74) is 2.80. The fourth-order valence-corrected chi connectivity index (χ4v) is 1.76. The van der Waals surface area contributed by atoms with Crippen LogP contribution in [0.25, 0.3) is 22.1 Å². The third-order valence-electron chi connectivity index (χ3n) is 2.40. The van der Waals surface area contributed by atoms with Crippen LogP contribution < -0.4 is 0 Å². The van der Waals surface area contributed by atoms with Gasteiger partial charge >= 0.3 is 0 Å². The van der Waals surface area contributed by atoms with Gasteiger partial charge in [0.2, 0.25) is 0 Å². The van der Waals surface area contributed by atoms with Crippen LogP contribution in [0.1, 0.15) is 0 Å². The number of fused-ring (bicyclic) bond motifs is 3. The normalized spacial score (nSPS) is 11.1. The minimum atomic E-state index is 0.284. The first-order valence-corrected chi connectivity index (χ1v) is 4.43.